The number of hydrogen-bond acceptors (Lipinski definition) is 2. The number of para-hydroxylation sites is 1. The Morgan fingerprint density at radius 2 is 1.92 bits per heavy atom. The molecule has 0 unspecified atom stereocenters. The minimum absolute atomic E-state index is 0.750. The van der Waals surface area contributed by atoms with Crippen molar-refractivity contribution in [2.24, 2.45) is 0 Å². The summed E-state index contributed by atoms with van der Waals surface area (Å²) < 4.78 is 5.06. The van der Waals surface area contributed by atoms with Gasteiger partial charge in [-0.2, -0.15) is 0 Å². The van der Waals surface area contributed by atoms with Gasteiger partial charge in [0, 0.05) is 5.56 Å². The maximum absolute atomic E-state index is 8.81. The molecule has 1 rings (SSSR count). The Morgan fingerprint density at radius 1 is 1.38 bits per heavy atom. The maximum Gasteiger partial charge on any atom is 0.126 e. The fraction of sp³-hybridized carbons (Fsp3) is 0.182. The van der Waals surface area contributed by atoms with Gasteiger partial charge in [-0.25, -0.2) is 0 Å². The highest BCUT2D eigenvalue weighted by atomic mass is 16.5. The van der Waals surface area contributed by atoms with Crippen molar-refractivity contribution >= 4 is 12.4 Å². The minimum Gasteiger partial charge on any atom is -0.496 e. The van der Waals surface area contributed by atoms with E-state index in [1.54, 1.807) is 13.2 Å². The first kappa shape index (κ1) is 11.4. The van der Waals surface area contributed by atoms with Gasteiger partial charge in [0.1, 0.15) is 12.0 Å². The molecule has 0 atom stereocenters. The first-order valence-corrected chi connectivity index (χ1v) is 3.95. The van der Waals surface area contributed by atoms with Crippen molar-refractivity contribution in [1.29, 1.82) is 0 Å². The topological polar surface area (TPSA) is 26.3 Å². The van der Waals surface area contributed by atoms with Gasteiger partial charge < -0.3 is 9.53 Å². The van der Waals surface area contributed by atoms with E-state index < -0.39 is 0 Å². The Bertz CT molecular complexity index is 267. The summed E-state index contributed by atoms with van der Waals surface area (Å²) in [6.07, 6.45) is 2.53. The fourth-order valence-corrected chi connectivity index (χ4v) is 0.835. The predicted octanol–water partition coefficient (Wildman–Crippen LogP) is 2.54. The number of ether oxygens (including phenoxy) is 1. The molecular weight excluding hydrogens is 164 g/mol. The molecule has 0 amide bonds. The van der Waals surface area contributed by atoms with Gasteiger partial charge in [-0.3, -0.25) is 0 Å². The standard InChI is InChI=1S/C9H10O.C2H4O/c1-3-8-6-4-5-7-9(8)10-2;1-2-3/h3-7H,1H2,2H3;2H,1H3. The summed E-state index contributed by atoms with van der Waals surface area (Å²) in [6, 6.07) is 7.77. The largest absolute Gasteiger partial charge is 0.496 e. The molecule has 70 valence electrons. The van der Waals surface area contributed by atoms with Crippen LogP contribution >= 0.6 is 0 Å². The Kier molecular flexibility index (Phi) is 6.24. The molecule has 0 bridgehead atoms. The molecular formula is C11H14O2. The maximum atomic E-state index is 8.81. The Labute approximate surface area is 78.8 Å². The Morgan fingerprint density at radius 3 is 2.31 bits per heavy atom. The number of methoxy groups -OCH3 is 1. The molecule has 0 saturated heterocycles. The van der Waals surface area contributed by atoms with Gasteiger partial charge in [0.15, 0.2) is 0 Å². The summed E-state index contributed by atoms with van der Waals surface area (Å²) in [6.45, 7) is 5.10. The van der Waals surface area contributed by atoms with Crippen LogP contribution in [0.2, 0.25) is 0 Å². The van der Waals surface area contributed by atoms with Crippen molar-refractivity contribution in [3.05, 3.63) is 36.4 Å². The average Bonchev–Trinajstić information content (AvgIpc) is 2.19. The Hall–Kier alpha value is -1.57. The van der Waals surface area contributed by atoms with Gasteiger partial charge in [0.05, 0.1) is 7.11 Å². The summed E-state index contributed by atoms with van der Waals surface area (Å²) in [5, 5.41) is 0. The third kappa shape index (κ3) is 4.11. The quantitative estimate of drug-likeness (QED) is 0.650. The smallest absolute Gasteiger partial charge is 0.126 e. The molecule has 13 heavy (non-hydrogen) atoms. The van der Waals surface area contributed by atoms with Crippen molar-refractivity contribution in [3.8, 4) is 5.75 Å². The summed E-state index contributed by atoms with van der Waals surface area (Å²) in [4.78, 5) is 8.81. The van der Waals surface area contributed by atoms with Gasteiger partial charge in [0.25, 0.3) is 0 Å². The molecule has 0 aliphatic rings. The molecule has 2 heteroatoms. The van der Waals surface area contributed by atoms with Gasteiger partial charge >= 0.3 is 0 Å². The summed E-state index contributed by atoms with van der Waals surface area (Å²) >= 11 is 0. The second-order valence-electron chi connectivity index (χ2n) is 2.18. The summed E-state index contributed by atoms with van der Waals surface area (Å²) in [5.41, 5.74) is 1.03. The lowest BCUT2D eigenvalue weighted by molar-refractivity contribution is -0.106. The molecule has 0 aliphatic carbocycles. The number of aldehydes is 1. The van der Waals surface area contributed by atoms with Crippen molar-refractivity contribution in [2.45, 2.75) is 6.92 Å². The van der Waals surface area contributed by atoms with E-state index in [0.29, 0.717) is 0 Å². The second-order valence-corrected chi connectivity index (χ2v) is 2.18. The molecule has 0 spiro atoms. The molecule has 0 radical (unpaired) electrons. The zero-order valence-corrected chi connectivity index (χ0v) is 7.99. The highest BCUT2D eigenvalue weighted by Crippen LogP contribution is 2.17. The van der Waals surface area contributed by atoms with E-state index in [-0.39, 0.29) is 0 Å². The third-order valence-corrected chi connectivity index (χ3v) is 1.36. The van der Waals surface area contributed by atoms with Crippen molar-refractivity contribution in [3.63, 3.8) is 0 Å². The lowest BCUT2D eigenvalue weighted by Gasteiger charge is -2.01. The highest BCUT2D eigenvalue weighted by molar-refractivity contribution is 5.55. The van der Waals surface area contributed by atoms with Crippen LogP contribution in [0, 0.1) is 0 Å². The van der Waals surface area contributed by atoms with E-state index in [1.807, 2.05) is 24.3 Å². The van der Waals surface area contributed by atoms with E-state index in [1.165, 1.54) is 6.92 Å². The predicted molar refractivity (Wildman–Crippen MR) is 54.8 cm³/mol. The van der Waals surface area contributed by atoms with E-state index in [9.17, 15) is 0 Å². The van der Waals surface area contributed by atoms with E-state index >= 15 is 0 Å². The van der Waals surface area contributed by atoms with Crippen molar-refractivity contribution in [2.75, 3.05) is 7.11 Å². The Balaban J connectivity index is 0.000000424. The number of carbonyl (C=O) groups excluding carboxylic acids is 1. The fourth-order valence-electron chi connectivity index (χ4n) is 0.835. The zero-order chi connectivity index (χ0) is 10.1. The lowest BCUT2D eigenvalue weighted by atomic mass is 10.2. The van der Waals surface area contributed by atoms with Crippen LogP contribution in [0.4, 0.5) is 0 Å². The van der Waals surface area contributed by atoms with Crippen LogP contribution in [-0.2, 0) is 4.79 Å². The van der Waals surface area contributed by atoms with Crippen molar-refractivity contribution < 1.29 is 9.53 Å². The number of rotatable bonds is 2. The summed E-state index contributed by atoms with van der Waals surface area (Å²) in [7, 11) is 1.66. The first-order valence-electron chi connectivity index (χ1n) is 3.95. The zero-order valence-electron chi connectivity index (χ0n) is 7.99. The lowest BCUT2D eigenvalue weighted by Crippen LogP contribution is -1.84. The summed E-state index contributed by atoms with van der Waals surface area (Å²) in [5.74, 6) is 0.873. The molecule has 0 heterocycles. The van der Waals surface area contributed by atoms with Crippen LogP contribution in [0.5, 0.6) is 5.75 Å². The van der Waals surface area contributed by atoms with Gasteiger partial charge in [-0.1, -0.05) is 30.9 Å². The molecule has 0 fully saturated rings. The monoisotopic (exact) mass is 178 g/mol. The molecule has 0 N–H and O–H groups in total. The van der Waals surface area contributed by atoms with E-state index in [0.717, 1.165) is 17.6 Å². The third-order valence-electron chi connectivity index (χ3n) is 1.36. The first-order chi connectivity index (χ1) is 6.29. The molecule has 2 nitrogen and oxygen atoms in total. The number of benzene rings is 1. The van der Waals surface area contributed by atoms with Crippen LogP contribution < -0.4 is 4.74 Å². The molecule has 0 saturated carbocycles. The number of carbonyl (C=O) groups is 1. The van der Waals surface area contributed by atoms with E-state index in [4.69, 9.17) is 9.53 Å². The van der Waals surface area contributed by atoms with Crippen LogP contribution in [0.1, 0.15) is 12.5 Å². The average molecular weight is 178 g/mol. The normalized spacial score (nSPS) is 7.85. The molecule has 0 aliphatic heterocycles. The second kappa shape index (κ2) is 7.10. The van der Waals surface area contributed by atoms with Crippen LogP contribution in [0.3, 0.4) is 0 Å². The molecule has 1 aromatic carbocycles. The number of hydrogen-bond donors (Lipinski definition) is 0. The van der Waals surface area contributed by atoms with Gasteiger partial charge in [-0.15, -0.1) is 0 Å². The van der Waals surface area contributed by atoms with Crippen LogP contribution in [0.25, 0.3) is 6.08 Å². The SMILES string of the molecule is C=Cc1ccccc1OC.CC=O. The molecule has 1 aromatic rings. The minimum atomic E-state index is 0.750. The van der Waals surface area contributed by atoms with Crippen molar-refractivity contribution in [1.82, 2.24) is 0 Å². The van der Waals surface area contributed by atoms with Gasteiger partial charge in [-0.05, 0) is 13.0 Å². The molecule has 0 aromatic heterocycles. The van der Waals surface area contributed by atoms with E-state index in [2.05, 4.69) is 6.58 Å². The highest BCUT2D eigenvalue weighted by Gasteiger charge is 1.93. The van der Waals surface area contributed by atoms with Crippen LogP contribution in [-0.4, -0.2) is 13.4 Å². The van der Waals surface area contributed by atoms with Gasteiger partial charge in [0.2, 0.25) is 0 Å². The van der Waals surface area contributed by atoms with Crippen LogP contribution in [0.15, 0.2) is 30.8 Å².